The first-order valence-electron chi connectivity index (χ1n) is 7.77. The van der Waals surface area contributed by atoms with Crippen molar-refractivity contribution in [2.45, 2.75) is 25.8 Å². The number of carboxylic acid groups (broad SMARTS) is 1. The number of fused-ring (bicyclic) bond motifs is 3. The van der Waals surface area contributed by atoms with Crippen molar-refractivity contribution in [1.82, 2.24) is 20.0 Å². The Labute approximate surface area is 136 Å². The van der Waals surface area contributed by atoms with E-state index in [-0.39, 0.29) is 17.3 Å². The van der Waals surface area contributed by atoms with Gasteiger partial charge in [-0.3, -0.25) is 19.7 Å². The number of carboxylic acids is 1. The second kappa shape index (κ2) is 5.23. The molecule has 4 rings (SSSR count). The van der Waals surface area contributed by atoms with Crippen LogP contribution in [0, 0.1) is 0 Å². The first-order chi connectivity index (χ1) is 11.6. The van der Waals surface area contributed by atoms with Crippen molar-refractivity contribution in [3.8, 4) is 11.3 Å². The molecule has 0 saturated carbocycles. The zero-order valence-electron chi connectivity index (χ0n) is 13.0. The number of rotatable bonds is 3. The van der Waals surface area contributed by atoms with Crippen molar-refractivity contribution in [1.29, 1.82) is 0 Å². The minimum atomic E-state index is -1.10. The molecular weight excluding hydrogens is 308 g/mol. The number of aromatic amines is 2. The third-order valence-electron chi connectivity index (χ3n) is 4.60. The van der Waals surface area contributed by atoms with Crippen LogP contribution in [0.15, 0.2) is 35.1 Å². The lowest BCUT2D eigenvalue weighted by Gasteiger charge is -2.19. The highest BCUT2D eigenvalue weighted by Gasteiger charge is 2.32. The maximum Gasteiger partial charge on any atom is 0.357 e. The fraction of sp³-hybridized carbons (Fsp3) is 0.235. The summed E-state index contributed by atoms with van der Waals surface area (Å²) in [6.07, 6.45) is 1.15. The Bertz CT molecular complexity index is 981. The molecule has 0 radical (unpaired) electrons. The van der Waals surface area contributed by atoms with Gasteiger partial charge in [0.2, 0.25) is 0 Å². The molecule has 3 aromatic rings. The lowest BCUT2D eigenvalue weighted by atomic mass is 9.93. The Hall–Kier alpha value is -3.09. The molecule has 1 unspecified atom stereocenters. The van der Waals surface area contributed by atoms with Gasteiger partial charge in [0.25, 0.3) is 5.56 Å². The summed E-state index contributed by atoms with van der Waals surface area (Å²) in [6.45, 7) is 1.99. The highest BCUT2D eigenvalue weighted by molar-refractivity contribution is 5.95. The van der Waals surface area contributed by atoms with Crippen molar-refractivity contribution in [3.63, 3.8) is 0 Å². The van der Waals surface area contributed by atoms with E-state index >= 15 is 0 Å². The fourth-order valence-electron chi connectivity index (χ4n) is 3.39. The van der Waals surface area contributed by atoms with Gasteiger partial charge < -0.3 is 5.11 Å². The summed E-state index contributed by atoms with van der Waals surface area (Å²) >= 11 is 0. The minimum Gasteiger partial charge on any atom is -0.476 e. The normalized spacial score (nSPS) is 14.0. The number of aromatic carboxylic acids is 1. The summed E-state index contributed by atoms with van der Waals surface area (Å²) in [6, 6.07) is 9.72. The van der Waals surface area contributed by atoms with Crippen molar-refractivity contribution in [2.75, 3.05) is 0 Å². The highest BCUT2D eigenvalue weighted by atomic mass is 16.4. The first-order valence-corrected chi connectivity index (χ1v) is 7.77. The molecule has 3 N–H and O–H groups in total. The van der Waals surface area contributed by atoms with Gasteiger partial charge in [-0.05, 0) is 25.3 Å². The van der Waals surface area contributed by atoms with Crippen LogP contribution in [-0.4, -0.2) is 31.1 Å². The maximum absolute atomic E-state index is 11.9. The van der Waals surface area contributed by atoms with Gasteiger partial charge in [-0.1, -0.05) is 30.3 Å². The van der Waals surface area contributed by atoms with E-state index in [9.17, 15) is 14.7 Å². The van der Waals surface area contributed by atoms with Crippen molar-refractivity contribution >= 4 is 5.97 Å². The van der Waals surface area contributed by atoms with E-state index in [4.69, 9.17) is 0 Å². The number of benzene rings is 1. The van der Waals surface area contributed by atoms with Crippen LogP contribution < -0.4 is 5.56 Å². The Morgan fingerprint density at radius 2 is 2.00 bits per heavy atom. The summed E-state index contributed by atoms with van der Waals surface area (Å²) in [5.41, 5.74) is 3.33. The standard InChI is InChI=1S/C17H16N4O3/c1-9(10-5-3-2-4-6-10)21-12-8-7-11-14(18-19-16(11)22)13(12)15(20-21)17(23)24/h2-6,9H,7-8H2,1H3,(H,23,24)(H2,18,19,22). The summed E-state index contributed by atoms with van der Waals surface area (Å²) in [7, 11) is 0. The second-order valence-electron chi connectivity index (χ2n) is 5.94. The molecule has 2 aromatic heterocycles. The molecule has 7 nitrogen and oxygen atoms in total. The molecule has 122 valence electrons. The number of nitrogens with one attached hydrogen (secondary N) is 2. The van der Waals surface area contributed by atoms with Gasteiger partial charge in [-0.2, -0.15) is 5.10 Å². The molecule has 24 heavy (non-hydrogen) atoms. The van der Waals surface area contributed by atoms with Gasteiger partial charge in [0.05, 0.1) is 17.3 Å². The topological polar surface area (TPSA) is 104 Å². The first kappa shape index (κ1) is 14.5. The number of H-pyrrole nitrogens is 2. The van der Waals surface area contributed by atoms with Crippen LogP contribution in [0.25, 0.3) is 11.3 Å². The summed E-state index contributed by atoms with van der Waals surface area (Å²) in [5, 5.41) is 19.3. The number of aromatic nitrogens is 4. The number of hydrogen-bond donors (Lipinski definition) is 3. The van der Waals surface area contributed by atoms with Crippen molar-refractivity contribution < 1.29 is 9.90 Å². The molecule has 0 spiro atoms. The van der Waals surface area contributed by atoms with E-state index < -0.39 is 5.97 Å². The molecule has 0 aliphatic heterocycles. The van der Waals surface area contributed by atoms with Crippen LogP contribution in [0.2, 0.25) is 0 Å². The van der Waals surface area contributed by atoms with E-state index in [2.05, 4.69) is 15.3 Å². The van der Waals surface area contributed by atoms with Crippen molar-refractivity contribution in [2.24, 2.45) is 0 Å². The average Bonchev–Trinajstić information content (AvgIpc) is 3.16. The van der Waals surface area contributed by atoms with E-state index in [1.165, 1.54) is 0 Å². The maximum atomic E-state index is 11.9. The van der Waals surface area contributed by atoms with Gasteiger partial charge in [0.15, 0.2) is 5.69 Å². The predicted molar refractivity (Wildman–Crippen MR) is 87.3 cm³/mol. The van der Waals surface area contributed by atoms with E-state index in [1.807, 2.05) is 37.3 Å². The molecule has 1 atom stereocenters. The molecule has 1 aliphatic carbocycles. The molecular formula is C17H16N4O3. The van der Waals surface area contributed by atoms with Gasteiger partial charge in [0.1, 0.15) is 0 Å². The Morgan fingerprint density at radius 1 is 1.25 bits per heavy atom. The second-order valence-corrected chi connectivity index (χ2v) is 5.94. The van der Waals surface area contributed by atoms with E-state index in [0.29, 0.717) is 29.7 Å². The van der Waals surface area contributed by atoms with Crippen LogP contribution in [-0.2, 0) is 12.8 Å². The Balaban J connectivity index is 1.93. The van der Waals surface area contributed by atoms with Crippen molar-refractivity contribution in [3.05, 3.63) is 63.2 Å². The number of hydrogen-bond acceptors (Lipinski definition) is 3. The van der Waals surface area contributed by atoms with Crippen LogP contribution in [0.1, 0.15) is 40.3 Å². The van der Waals surface area contributed by atoms with Crippen LogP contribution in [0.3, 0.4) is 0 Å². The molecule has 0 saturated heterocycles. The lowest BCUT2D eigenvalue weighted by molar-refractivity contribution is 0.0690. The van der Waals surface area contributed by atoms with Crippen LogP contribution in [0.4, 0.5) is 0 Å². The zero-order valence-corrected chi connectivity index (χ0v) is 13.0. The smallest absolute Gasteiger partial charge is 0.357 e. The van der Waals surface area contributed by atoms with Gasteiger partial charge in [-0.25, -0.2) is 4.79 Å². The molecule has 0 fully saturated rings. The molecule has 0 bridgehead atoms. The average molecular weight is 324 g/mol. The molecule has 1 aromatic carbocycles. The zero-order chi connectivity index (χ0) is 16.8. The summed E-state index contributed by atoms with van der Waals surface area (Å²) < 4.78 is 1.77. The fourth-order valence-corrected chi connectivity index (χ4v) is 3.39. The third-order valence-corrected chi connectivity index (χ3v) is 4.60. The molecule has 1 aliphatic rings. The predicted octanol–water partition coefficient (Wildman–Crippen LogP) is 1.97. The summed E-state index contributed by atoms with van der Waals surface area (Å²) in [4.78, 5) is 23.5. The van der Waals surface area contributed by atoms with Crippen LogP contribution in [0.5, 0.6) is 0 Å². The Morgan fingerprint density at radius 3 is 2.71 bits per heavy atom. The van der Waals surface area contributed by atoms with Crippen LogP contribution >= 0.6 is 0 Å². The third kappa shape index (κ3) is 2.01. The molecule has 7 heteroatoms. The SMILES string of the molecule is CC(c1ccccc1)n1nc(C(=O)O)c2c1CCc1c-2[nH][nH]c1=O. The lowest BCUT2D eigenvalue weighted by Crippen LogP contribution is -2.16. The quantitative estimate of drug-likeness (QED) is 0.685. The largest absolute Gasteiger partial charge is 0.476 e. The van der Waals surface area contributed by atoms with Gasteiger partial charge in [0, 0.05) is 11.3 Å². The Kier molecular flexibility index (Phi) is 3.16. The monoisotopic (exact) mass is 324 g/mol. The number of carbonyl (C=O) groups is 1. The highest BCUT2D eigenvalue weighted by Crippen LogP contribution is 2.35. The molecule has 2 heterocycles. The summed E-state index contributed by atoms with van der Waals surface area (Å²) in [5.74, 6) is -1.10. The van der Waals surface area contributed by atoms with Gasteiger partial charge >= 0.3 is 5.97 Å². The number of nitrogens with zero attached hydrogens (tertiary/aromatic N) is 2. The minimum absolute atomic E-state index is 0.0241. The molecule has 0 amide bonds. The van der Waals surface area contributed by atoms with E-state index in [1.54, 1.807) is 4.68 Å². The van der Waals surface area contributed by atoms with E-state index in [0.717, 1.165) is 11.3 Å². The van der Waals surface area contributed by atoms with Gasteiger partial charge in [-0.15, -0.1) is 0 Å².